The molecule has 0 saturated carbocycles. The first kappa shape index (κ1) is 43.3. The van der Waals surface area contributed by atoms with Crippen molar-refractivity contribution in [1.29, 1.82) is 0 Å². The molecule has 0 aromatic heterocycles. The van der Waals surface area contributed by atoms with Gasteiger partial charge in [0, 0.05) is 12.5 Å². The average molecular weight is 501 g/mol. The lowest BCUT2D eigenvalue weighted by Gasteiger charge is -2.17. The molecule has 0 bridgehead atoms. The van der Waals surface area contributed by atoms with Crippen LogP contribution in [0.4, 0.5) is 0 Å². The topological polar surface area (TPSA) is 18.5 Å². The minimum Gasteiger partial charge on any atom is -0.486 e. The van der Waals surface area contributed by atoms with Crippen LogP contribution in [-0.2, 0) is 0 Å². The van der Waals surface area contributed by atoms with Crippen molar-refractivity contribution < 1.29 is 9.47 Å². The van der Waals surface area contributed by atoms with Crippen molar-refractivity contribution in [3.63, 3.8) is 0 Å². The van der Waals surface area contributed by atoms with Crippen LogP contribution in [0.5, 0.6) is 11.5 Å². The number of unbranched alkanes of at least 4 members (excludes halogenated alkanes) is 2. The first-order valence-corrected chi connectivity index (χ1v) is 13.8. The first-order chi connectivity index (χ1) is 17.5. The standard InChI is InChI=1S/C22H30O2.C4H6.4C2H6/c1-6-9-10-11-14-20(8-3)19(5)24-22-16-12-15-21(17-22)23-18(4)13-7-2;1-3-4-2;4*1-2/h7-8,11-12,14-17,19H,2,4,6,9-10,13H2,1,3,5H3;3-4H,1-2H2;4*1-2H3/b14-11-,20-8+;;;;;. The van der Waals surface area contributed by atoms with Crippen LogP contribution in [0.25, 0.3) is 0 Å². The summed E-state index contributed by atoms with van der Waals surface area (Å²) in [5, 5.41) is 0. The molecule has 0 fully saturated rings. The van der Waals surface area contributed by atoms with E-state index in [0.717, 1.165) is 17.9 Å². The quantitative estimate of drug-likeness (QED) is 0.123. The summed E-state index contributed by atoms with van der Waals surface area (Å²) in [5.74, 6) is 2.18. The van der Waals surface area contributed by atoms with Crippen molar-refractivity contribution in [3.8, 4) is 11.5 Å². The molecule has 2 nitrogen and oxygen atoms in total. The highest BCUT2D eigenvalue weighted by molar-refractivity contribution is 5.35. The van der Waals surface area contributed by atoms with Gasteiger partial charge >= 0.3 is 0 Å². The molecular weight excluding hydrogens is 440 g/mol. The van der Waals surface area contributed by atoms with E-state index < -0.39 is 0 Å². The third-order valence-corrected chi connectivity index (χ3v) is 3.76. The van der Waals surface area contributed by atoms with Crippen molar-refractivity contribution >= 4 is 0 Å². The van der Waals surface area contributed by atoms with Gasteiger partial charge in [-0.25, -0.2) is 0 Å². The lowest BCUT2D eigenvalue weighted by atomic mass is 10.1. The SMILES string of the molecule is C=CC=C.C=CCC(=C)Oc1cccc(OC(C)C(/C=C\CCCC)=C/C)c1.CC.CC.CC.CC. The Bertz CT molecular complexity index is 660. The Kier molecular flexibility index (Phi) is 47.5. The third kappa shape index (κ3) is 29.3. The van der Waals surface area contributed by atoms with E-state index in [-0.39, 0.29) is 6.10 Å². The zero-order chi connectivity index (χ0) is 29.2. The van der Waals surface area contributed by atoms with Gasteiger partial charge in [0.1, 0.15) is 23.4 Å². The van der Waals surface area contributed by atoms with Crippen molar-refractivity contribution in [1.82, 2.24) is 0 Å². The van der Waals surface area contributed by atoms with E-state index in [1.807, 2.05) is 86.6 Å². The molecule has 1 aromatic carbocycles. The molecule has 1 atom stereocenters. The lowest BCUT2D eigenvalue weighted by molar-refractivity contribution is 0.259. The average Bonchev–Trinajstić information content (AvgIpc) is 2.93. The number of ether oxygens (including phenoxy) is 2. The molecule has 1 unspecified atom stereocenters. The maximum atomic E-state index is 6.06. The molecule has 1 rings (SSSR count). The number of allylic oxidation sites excluding steroid dienone is 5. The van der Waals surface area contributed by atoms with Crippen molar-refractivity contribution in [2.24, 2.45) is 0 Å². The van der Waals surface area contributed by atoms with Gasteiger partial charge in [-0.3, -0.25) is 0 Å². The second-order valence-corrected chi connectivity index (χ2v) is 6.17. The van der Waals surface area contributed by atoms with Gasteiger partial charge in [0.15, 0.2) is 0 Å². The van der Waals surface area contributed by atoms with E-state index in [0.29, 0.717) is 12.2 Å². The van der Waals surface area contributed by atoms with E-state index in [9.17, 15) is 0 Å². The Hall–Kier alpha value is -2.74. The van der Waals surface area contributed by atoms with Gasteiger partial charge in [-0.05, 0) is 38.0 Å². The maximum absolute atomic E-state index is 6.06. The van der Waals surface area contributed by atoms with Crippen LogP contribution in [0.1, 0.15) is 102 Å². The summed E-state index contributed by atoms with van der Waals surface area (Å²) >= 11 is 0. The van der Waals surface area contributed by atoms with Crippen LogP contribution in [0, 0.1) is 0 Å². The smallest absolute Gasteiger partial charge is 0.130 e. The van der Waals surface area contributed by atoms with E-state index in [1.165, 1.54) is 18.4 Å². The molecule has 1 aromatic rings. The highest BCUT2D eigenvalue weighted by Gasteiger charge is 2.08. The Morgan fingerprint density at radius 2 is 1.44 bits per heavy atom. The Morgan fingerprint density at radius 3 is 1.89 bits per heavy atom. The van der Waals surface area contributed by atoms with Gasteiger partial charge in [0.25, 0.3) is 0 Å². The minimum atomic E-state index is -0.0143. The van der Waals surface area contributed by atoms with Gasteiger partial charge < -0.3 is 9.47 Å². The zero-order valence-electron chi connectivity index (χ0n) is 25.8. The van der Waals surface area contributed by atoms with Gasteiger partial charge in [-0.15, -0.1) is 6.58 Å². The summed E-state index contributed by atoms with van der Waals surface area (Å²) in [6, 6.07) is 7.64. The van der Waals surface area contributed by atoms with E-state index in [2.05, 4.69) is 58.4 Å². The monoisotopic (exact) mass is 500 g/mol. The zero-order valence-corrected chi connectivity index (χ0v) is 25.8. The summed E-state index contributed by atoms with van der Waals surface area (Å²) in [7, 11) is 0. The van der Waals surface area contributed by atoms with E-state index in [1.54, 1.807) is 18.2 Å². The molecule has 0 aliphatic heterocycles. The number of hydrogen-bond acceptors (Lipinski definition) is 2. The summed E-state index contributed by atoms with van der Waals surface area (Å²) in [5.41, 5.74) is 1.17. The summed E-state index contributed by atoms with van der Waals surface area (Å²) in [6.07, 6.45) is 15.7. The predicted octanol–water partition coefficient (Wildman–Crippen LogP) is 12.1. The van der Waals surface area contributed by atoms with Crippen LogP contribution in [-0.4, -0.2) is 6.10 Å². The van der Waals surface area contributed by atoms with E-state index in [4.69, 9.17) is 9.47 Å². The maximum Gasteiger partial charge on any atom is 0.130 e. The van der Waals surface area contributed by atoms with Crippen LogP contribution in [0.15, 0.2) is 98.4 Å². The molecule has 0 aliphatic carbocycles. The molecule has 36 heavy (non-hydrogen) atoms. The van der Waals surface area contributed by atoms with Gasteiger partial charge in [0.2, 0.25) is 0 Å². The second-order valence-electron chi connectivity index (χ2n) is 6.17. The van der Waals surface area contributed by atoms with Gasteiger partial charge in [-0.1, -0.05) is 137 Å². The molecule has 0 N–H and O–H groups in total. The van der Waals surface area contributed by atoms with Crippen LogP contribution >= 0.6 is 0 Å². The fourth-order valence-corrected chi connectivity index (χ4v) is 2.26. The molecule has 0 saturated heterocycles. The predicted molar refractivity (Wildman–Crippen MR) is 169 cm³/mol. The van der Waals surface area contributed by atoms with Crippen molar-refractivity contribution in [2.75, 3.05) is 0 Å². The fourth-order valence-electron chi connectivity index (χ4n) is 2.26. The van der Waals surface area contributed by atoms with E-state index >= 15 is 0 Å². The number of hydrogen-bond donors (Lipinski definition) is 0. The summed E-state index contributed by atoms with van der Waals surface area (Å²) < 4.78 is 11.7. The third-order valence-electron chi connectivity index (χ3n) is 3.76. The normalized spacial score (nSPS) is 9.81. The van der Waals surface area contributed by atoms with Crippen LogP contribution in [0.3, 0.4) is 0 Å². The molecule has 0 amide bonds. The minimum absolute atomic E-state index is 0.0143. The molecule has 0 heterocycles. The summed E-state index contributed by atoms with van der Waals surface area (Å²) in [4.78, 5) is 0. The number of rotatable bonds is 12. The Labute approximate surface area is 227 Å². The molecular formula is C34H60O2. The fraction of sp³-hybridized carbons (Fsp3) is 0.471. The first-order valence-electron chi connectivity index (χ1n) is 13.8. The summed E-state index contributed by atoms with van der Waals surface area (Å²) in [6.45, 7) is 36.6. The Morgan fingerprint density at radius 1 is 0.917 bits per heavy atom. The molecule has 0 radical (unpaired) electrons. The lowest BCUT2D eigenvalue weighted by Crippen LogP contribution is -2.13. The molecule has 208 valence electrons. The Balaban J connectivity index is -0.000000229. The molecule has 2 heteroatoms. The molecule has 0 aliphatic rings. The van der Waals surface area contributed by atoms with Gasteiger partial charge in [-0.2, -0.15) is 0 Å². The largest absolute Gasteiger partial charge is 0.486 e. The highest BCUT2D eigenvalue weighted by atomic mass is 16.5. The molecule has 0 spiro atoms. The van der Waals surface area contributed by atoms with Crippen LogP contribution in [0.2, 0.25) is 0 Å². The highest BCUT2D eigenvalue weighted by Crippen LogP contribution is 2.24. The van der Waals surface area contributed by atoms with Crippen molar-refractivity contribution in [3.05, 3.63) is 98.4 Å². The number of benzene rings is 1. The van der Waals surface area contributed by atoms with Crippen LogP contribution < -0.4 is 9.47 Å². The van der Waals surface area contributed by atoms with Crippen molar-refractivity contribution in [2.45, 2.75) is 108 Å². The second kappa shape index (κ2) is 39.5. The van der Waals surface area contributed by atoms with Gasteiger partial charge in [0.05, 0.1) is 0 Å².